The van der Waals surface area contributed by atoms with E-state index in [2.05, 4.69) is 46.8 Å². The number of aromatic nitrogens is 2. The number of rotatable bonds is 5. The zero-order valence-corrected chi connectivity index (χ0v) is 15.0. The molecule has 132 valence electrons. The van der Waals surface area contributed by atoms with Gasteiger partial charge in [0.1, 0.15) is 12.4 Å². The number of ether oxygens (including phenoxy) is 1. The molecule has 3 aromatic rings. The Balaban J connectivity index is 1.47. The molecule has 0 bridgehead atoms. The summed E-state index contributed by atoms with van der Waals surface area (Å²) < 4.78 is 5.97. The SMILES string of the molecule is C=C(COc1ccccc1C)N1CCc2[nH]nc(-c3ccccc3)c2C1. The lowest BCUT2D eigenvalue weighted by molar-refractivity contribution is 0.253. The van der Waals surface area contributed by atoms with Crippen molar-refractivity contribution in [3.8, 4) is 17.0 Å². The van der Waals surface area contributed by atoms with Gasteiger partial charge < -0.3 is 9.64 Å². The molecule has 0 radical (unpaired) electrons. The van der Waals surface area contributed by atoms with Crippen LogP contribution in [0.3, 0.4) is 0 Å². The van der Waals surface area contributed by atoms with Gasteiger partial charge in [0.05, 0.1) is 5.69 Å². The summed E-state index contributed by atoms with van der Waals surface area (Å²) in [6, 6.07) is 18.4. The summed E-state index contributed by atoms with van der Waals surface area (Å²) in [4.78, 5) is 2.29. The standard InChI is InChI=1S/C22H23N3O/c1-16-8-6-7-11-21(16)26-15-17(2)25-13-12-20-19(14-25)22(24-23-20)18-9-4-3-5-10-18/h3-11H,2,12-15H2,1H3,(H,23,24). The summed E-state index contributed by atoms with van der Waals surface area (Å²) in [5.74, 6) is 0.916. The molecule has 0 fully saturated rings. The van der Waals surface area contributed by atoms with Gasteiger partial charge in [-0.15, -0.1) is 0 Å². The number of H-pyrrole nitrogens is 1. The van der Waals surface area contributed by atoms with E-state index < -0.39 is 0 Å². The Hall–Kier alpha value is -3.01. The summed E-state index contributed by atoms with van der Waals surface area (Å²) >= 11 is 0. The predicted molar refractivity (Wildman–Crippen MR) is 104 cm³/mol. The second-order valence-electron chi connectivity index (χ2n) is 6.69. The first-order valence-corrected chi connectivity index (χ1v) is 8.95. The molecule has 4 heteroatoms. The Morgan fingerprint density at radius 3 is 2.73 bits per heavy atom. The number of para-hydroxylation sites is 1. The Morgan fingerprint density at radius 2 is 1.92 bits per heavy atom. The molecule has 1 aliphatic heterocycles. The summed E-state index contributed by atoms with van der Waals surface area (Å²) in [5, 5.41) is 7.77. The molecule has 1 N–H and O–H groups in total. The molecule has 0 amide bonds. The molecule has 4 rings (SSSR count). The maximum absolute atomic E-state index is 5.97. The fraction of sp³-hybridized carbons (Fsp3) is 0.227. The molecule has 0 spiro atoms. The first-order valence-electron chi connectivity index (χ1n) is 8.95. The van der Waals surface area contributed by atoms with Crippen molar-refractivity contribution in [2.24, 2.45) is 0 Å². The molecule has 0 unspecified atom stereocenters. The van der Waals surface area contributed by atoms with Crippen LogP contribution in [0, 0.1) is 6.92 Å². The molecule has 26 heavy (non-hydrogen) atoms. The zero-order chi connectivity index (χ0) is 17.9. The highest BCUT2D eigenvalue weighted by Gasteiger charge is 2.23. The minimum Gasteiger partial charge on any atom is -0.487 e. The highest BCUT2D eigenvalue weighted by Crippen LogP contribution is 2.29. The number of hydrogen-bond donors (Lipinski definition) is 1. The van der Waals surface area contributed by atoms with Crippen LogP contribution in [-0.2, 0) is 13.0 Å². The van der Waals surface area contributed by atoms with Gasteiger partial charge in [-0.25, -0.2) is 0 Å². The van der Waals surface area contributed by atoms with Crippen LogP contribution in [0.1, 0.15) is 16.8 Å². The van der Waals surface area contributed by atoms with Gasteiger partial charge in [-0.1, -0.05) is 55.1 Å². The molecule has 4 nitrogen and oxygen atoms in total. The zero-order valence-electron chi connectivity index (χ0n) is 15.0. The van der Waals surface area contributed by atoms with Crippen LogP contribution in [0.2, 0.25) is 0 Å². The van der Waals surface area contributed by atoms with Gasteiger partial charge in [0, 0.05) is 42.0 Å². The highest BCUT2D eigenvalue weighted by molar-refractivity contribution is 5.64. The summed E-state index contributed by atoms with van der Waals surface area (Å²) in [6.07, 6.45) is 0.943. The van der Waals surface area contributed by atoms with Gasteiger partial charge in [-0.3, -0.25) is 5.10 Å². The van der Waals surface area contributed by atoms with Crippen molar-refractivity contribution < 1.29 is 4.74 Å². The quantitative estimate of drug-likeness (QED) is 0.748. The van der Waals surface area contributed by atoms with E-state index in [0.29, 0.717) is 6.61 Å². The smallest absolute Gasteiger partial charge is 0.127 e. The fourth-order valence-electron chi connectivity index (χ4n) is 3.37. The first-order chi connectivity index (χ1) is 12.7. The van der Waals surface area contributed by atoms with Crippen LogP contribution in [-0.4, -0.2) is 28.2 Å². The normalized spacial score (nSPS) is 13.3. The lowest BCUT2D eigenvalue weighted by Gasteiger charge is -2.30. The van der Waals surface area contributed by atoms with E-state index in [-0.39, 0.29) is 0 Å². The molecular weight excluding hydrogens is 322 g/mol. The van der Waals surface area contributed by atoms with E-state index in [1.54, 1.807) is 0 Å². The number of hydrogen-bond acceptors (Lipinski definition) is 3. The van der Waals surface area contributed by atoms with Crippen LogP contribution in [0.4, 0.5) is 0 Å². The molecule has 0 saturated heterocycles. The van der Waals surface area contributed by atoms with Gasteiger partial charge in [0.15, 0.2) is 0 Å². The van der Waals surface area contributed by atoms with Gasteiger partial charge in [0.2, 0.25) is 0 Å². The second kappa shape index (κ2) is 7.08. The van der Waals surface area contributed by atoms with Crippen LogP contribution >= 0.6 is 0 Å². The largest absolute Gasteiger partial charge is 0.487 e. The molecule has 2 heterocycles. The van der Waals surface area contributed by atoms with Gasteiger partial charge >= 0.3 is 0 Å². The lowest BCUT2D eigenvalue weighted by Crippen LogP contribution is -2.31. The first kappa shape index (κ1) is 16.5. The molecule has 0 aliphatic carbocycles. The monoisotopic (exact) mass is 345 g/mol. The van der Waals surface area contributed by atoms with E-state index >= 15 is 0 Å². The molecule has 0 atom stereocenters. The maximum atomic E-state index is 5.97. The van der Waals surface area contributed by atoms with Crippen LogP contribution in [0.15, 0.2) is 66.9 Å². The van der Waals surface area contributed by atoms with Crippen molar-refractivity contribution in [3.63, 3.8) is 0 Å². The number of benzene rings is 2. The van der Waals surface area contributed by atoms with E-state index in [1.807, 2.05) is 36.4 Å². The number of fused-ring (bicyclic) bond motifs is 1. The summed E-state index contributed by atoms with van der Waals surface area (Å²) in [7, 11) is 0. The molecular formula is C22H23N3O. The Labute approximate surface area is 154 Å². The van der Waals surface area contributed by atoms with Gasteiger partial charge in [-0.05, 0) is 18.6 Å². The van der Waals surface area contributed by atoms with Crippen LogP contribution in [0.5, 0.6) is 5.75 Å². The van der Waals surface area contributed by atoms with Crippen molar-refractivity contribution in [1.82, 2.24) is 15.1 Å². The average Bonchev–Trinajstić information content (AvgIpc) is 3.11. The molecule has 2 aromatic carbocycles. The Bertz CT molecular complexity index is 914. The number of nitrogens with zero attached hydrogens (tertiary/aromatic N) is 2. The van der Waals surface area contributed by atoms with Crippen LogP contribution < -0.4 is 4.74 Å². The summed E-state index contributed by atoms with van der Waals surface area (Å²) in [6.45, 7) is 8.55. The van der Waals surface area contributed by atoms with Crippen molar-refractivity contribution in [2.75, 3.05) is 13.2 Å². The second-order valence-corrected chi connectivity index (χ2v) is 6.69. The third-order valence-corrected chi connectivity index (χ3v) is 4.92. The third-order valence-electron chi connectivity index (χ3n) is 4.92. The van der Waals surface area contributed by atoms with Crippen LogP contribution in [0.25, 0.3) is 11.3 Å². The average molecular weight is 345 g/mol. The highest BCUT2D eigenvalue weighted by atomic mass is 16.5. The van der Waals surface area contributed by atoms with Crippen molar-refractivity contribution in [1.29, 1.82) is 0 Å². The molecule has 1 aromatic heterocycles. The van der Waals surface area contributed by atoms with Crippen molar-refractivity contribution in [3.05, 3.63) is 83.7 Å². The van der Waals surface area contributed by atoms with Gasteiger partial charge in [-0.2, -0.15) is 5.10 Å². The minimum absolute atomic E-state index is 0.499. The fourth-order valence-corrected chi connectivity index (χ4v) is 3.37. The van der Waals surface area contributed by atoms with E-state index in [9.17, 15) is 0 Å². The van der Waals surface area contributed by atoms with E-state index in [0.717, 1.165) is 47.8 Å². The summed E-state index contributed by atoms with van der Waals surface area (Å²) in [5.41, 5.74) is 6.82. The third kappa shape index (κ3) is 3.23. The van der Waals surface area contributed by atoms with Crippen molar-refractivity contribution >= 4 is 0 Å². The van der Waals surface area contributed by atoms with E-state index in [1.165, 1.54) is 11.3 Å². The molecule has 1 aliphatic rings. The van der Waals surface area contributed by atoms with Crippen molar-refractivity contribution in [2.45, 2.75) is 19.9 Å². The topological polar surface area (TPSA) is 41.1 Å². The predicted octanol–water partition coefficient (Wildman–Crippen LogP) is 4.34. The number of nitrogens with one attached hydrogen (secondary N) is 1. The number of aromatic amines is 1. The maximum Gasteiger partial charge on any atom is 0.127 e. The Morgan fingerprint density at radius 1 is 1.15 bits per heavy atom. The van der Waals surface area contributed by atoms with Gasteiger partial charge in [0.25, 0.3) is 0 Å². The number of aryl methyl sites for hydroxylation is 1. The molecule has 0 saturated carbocycles. The van der Waals surface area contributed by atoms with E-state index in [4.69, 9.17) is 4.74 Å². The Kier molecular flexibility index (Phi) is 4.48. The minimum atomic E-state index is 0.499. The lowest BCUT2D eigenvalue weighted by atomic mass is 10.0.